The van der Waals surface area contributed by atoms with E-state index in [9.17, 15) is 8.42 Å². The molecule has 5 nitrogen and oxygen atoms in total. The van der Waals surface area contributed by atoms with E-state index in [1.807, 2.05) is 31.2 Å². The Labute approximate surface area is 153 Å². The molecule has 0 aliphatic carbocycles. The van der Waals surface area contributed by atoms with Crippen LogP contribution in [0.2, 0.25) is 0 Å². The van der Waals surface area contributed by atoms with Gasteiger partial charge in [0.1, 0.15) is 4.21 Å². The predicted octanol–water partition coefficient (Wildman–Crippen LogP) is 2.80. The van der Waals surface area contributed by atoms with Crippen LogP contribution in [0.15, 0.2) is 46.7 Å². The molecule has 0 amide bonds. The molecule has 0 bridgehead atoms. The molecule has 1 aliphatic rings. The number of morpholine rings is 1. The first-order chi connectivity index (χ1) is 12.0. The highest BCUT2D eigenvalue weighted by atomic mass is 32.2. The van der Waals surface area contributed by atoms with Crippen LogP contribution < -0.4 is 4.72 Å². The zero-order valence-corrected chi connectivity index (χ0v) is 16.0. The summed E-state index contributed by atoms with van der Waals surface area (Å²) in [5.74, 6) is 0. The quantitative estimate of drug-likeness (QED) is 0.751. The minimum Gasteiger partial charge on any atom is -0.371 e. The van der Waals surface area contributed by atoms with Gasteiger partial charge in [-0.05, 0) is 37.6 Å². The molecule has 1 N–H and O–H groups in total. The van der Waals surface area contributed by atoms with Crippen molar-refractivity contribution in [3.63, 3.8) is 0 Å². The first kappa shape index (κ1) is 18.5. The monoisotopic (exact) mass is 380 g/mol. The second-order valence-corrected chi connectivity index (χ2v) is 9.47. The van der Waals surface area contributed by atoms with Gasteiger partial charge >= 0.3 is 0 Å². The number of aryl methyl sites for hydroxylation is 1. The van der Waals surface area contributed by atoms with Crippen molar-refractivity contribution in [2.45, 2.75) is 23.7 Å². The fourth-order valence-corrected chi connectivity index (χ4v) is 5.31. The zero-order chi connectivity index (χ0) is 17.7. The summed E-state index contributed by atoms with van der Waals surface area (Å²) in [6, 6.07) is 13.7. The highest BCUT2D eigenvalue weighted by Gasteiger charge is 2.21. The Morgan fingerprint density at radius 3 is 2.76 bits per heavy atom. The standard InChI is InChI=1S/C18H24N2O3S2/c1-15-8-9-18(24-15)25(21,22)19-10-5-11-20-12-13-23-17(14-20)16-6-3-2-4-7-16/h2-4,6-9,17,19H,5,10-14H2,1H3/t17-/m1/s1. The molecule has 136 valence electrons. The summed E-state index contributed by atoms with van der Waals surface area (Å²) in [6.07, 6.45) is 0.881. The van der Waals surface area contributed by atoms with Crippen molar-refractivity contribution in [2.75, 3.05) is 32.8 Å². The largest absolute Gasteiger partial charge is 0.371 e. The average Bonchev–Trinajstić information content (AvgIpc) is 3.07. The van der Waals surface area contributed by atoms with E-state index in [2.05, 4.69) is 21.8 Å². The van der Waals surface area contributed by atoms with Crippen molar-refractivity contribution in [2.24, 2.45) is 0 Å². The molecule has 1 aliphatic heterocycles. The maximum Gasteiger partial charge on any atom is 0.250 e. The summed E-state index contributed by atoms with van der Waals surface area (Å²) in [7, 11) is -3.37. The van der Waals surface area contributed by atoms with Crippen LogP contribution in [-0.2, 0) is 14.8 Å². The minimum absolute atomic E-state index is 0.0979. The van der Waals surface area contributed by atoms with E-state index in [1.165, 1.54) is 16.9 Å². The summed E-state index contributed by atoms with van der Waals surface area (Å²) >= 11 is 1.30. The normalized spacial score (nSPS) is 19.2. The molecule has 0 radical (unpaired) electrons. The summed E-state index contributed by atoms with van der Waals surface area (Å²) in [5, 5.41) is 0. The number of benzene rings is 1. The lowest BCUT2D eigenvalue weighted by Gasteiger charge is -2.33. The number of nitrogens with one attached hydrogen (secondary N) is 1. The molecule has 1 aromatic carbocycles. The molecule has 0 saturated carbocycles. The molecule has 2 heterocycles. The lowest BCUT2D eigenvalue weighted by molar-refractivity contribution is -0.0300. The van der Waals surface area contributed by atoms with E-state index >= 15 is 0 Å². The first-order valence-electron chi connectivity index (χ1n) is 8.49. The van der Waals surface area contributed by atoms with Crippen molar-refractivity contribution < 1.29 is 13.2 Å². The van der Waals surface area contributed by atoms with Gasteiger partial charge in [0.25, 0.3) is 0 Å². The molecule has 0 spiro atoms. The SMILES string of the molecule is Cc1ccc(S(=O)(=O)NCCCN2CCO[C@@H](c3ccccc3)C2)s1. The van der Waals surface area contributed by atoms with Crippen molar-refractivity contribution in [3.8, 4) is 0 Å². The van der Waals surface area contributed by atoms with E-state index < -0.39 is 10.0 Å². The molecular formula is C18H24N2O3S2. The van der Waals surface area contributed by atoms with E-state index in [0.29, 0.717) is 17.4 Å². The maximum atomic E-state index is 12.2. The van der Waals surface area contributed by atoms with Crippen molar-refractivity contribution >= 4 is 21.4 Å². The first-order valence-corrected chi connectivity index (χ1v) is 10.8. The Hall–Kier alpha value is -1.25. The average molecular weight is 381 g/mol. The highest BCUT2D eigenvalue weighted by molar-refractivity contribution is 7.91. The Balaban J connectivity index is 1.44. The Morgan fingerprint density at radius 1 is 1.24 bits per heavy atom. The van der Waals surface area contributed by atoms with Crippen LogP contribution in [0, 0.1) is 6.92 Å². The van der Waals surface area contributed by atoms with Gasteiger partial charge in [-0.15, -0.1) is 11.3 Å². The highest BCUT2D eigenvalue weighted by Crippen LogP contribution is 2.22. The summed E-state index contributed by atoms with van der Waals surface area (Å²) in [4.78, 5) is 3.34. The van der Waals surface area contributed by atoms with E-state index in [-0.39, 0.29) is 6.10 Å². The van der Waals surface area contributed by atoms with Crippen LogP contribution >= 0.6 is 11.3 Å². The van der Waals surface area contributed by atoms with Crippen LogP contribution in [0.5, 0.6) is 0 Å². The van der Waals surface area contributed by atoms with Gasteiger partial charge in [-0.25, -0.2) is 13.1 Å². The molecule has 1 atom stereocenters. The van der Waals surface area contributed by atoms with Gasteiger partial charge in [-0.2, -0.15) is 0 Å². The van der Waals surface area contributed by atoms with Crippen LogP contribution in [0.3, 0.4) is 0 Å². The number of hydrogen-bond donors (Lipinski definition) is 1. The lowest BCUT2D eigenvalue weighted by Crippen LogP contribution is -2.39. The minimum atomic E-state index is -3.37. The number of rotatable bonds is 7. The Morgan fingerprint density at radius 2 is 2.04 bits per heavy atom. The molecule has 3 rings (SSSR count). The van der Waals surface area contributed by atoms with Gasteiger partial charge in [-0.3, -0.25) is 4.90 Å². The molecule has 7 heteroatoms. The van der Waals surface area contributed by atoms with E-state index in [1.54, 1.807) is 6.07 Å². The maximum absolute atomic E-state index is 12.2. The molecular weight excluding hydrogens is 356 g/mol. The topological polar surface area (TPSA) is 58.6 Å². The number of nitrogens with zero attached hydrogens (tertiary/aromatic N) is 1. The second kappa shape index (κ2) is 8.42. The number of thiophene rings is 1. The third-order valence-electron chi connectivity index (χ3n) is 4.25. The van der Waals surface area contributed by atoms with Crippen molar-refractivity contribution in [1.29, 1.82) is 0 Å². The molecule has 1 aromatic heterocycles. The Bertz CT molecular complexity index is 775. The smallest absolute Gasteiger partial charge is 0.250 e. The number of ether oxygens (including phenoxy) is 1. The fraction of sp³-hybridized carbons (Fsp3) is 0.444. The van der Waals surface area contributed by atoms with Gasteiger partial charge in [0.2, 0.25) is 10.0 Å². The van der Waals surface area contributed by atoms with Crippen LogP contribution in [0.4, 0.5) is 0 Å². The van der Waals surface area contributed by atoms with Crippen LogP contribution in [0.25, 0.3) is 0 Å². The zero-order valence-electron chi connectivity index (χ0n) is 14.3. The molecule has 1 fully saturated rings. The van der Waals surface area contributed by atoms with Crippen LogP contribution in [-0.4, -0.2) is 46.1 Å². The van der Waals surface area contributed by atoms with Crippen molar-refractivity contribution in [3.05, 3.63) is 52.9 Å². The van der Waals surface area contributed by atoms with Gasteiger partial charge in [-0.1, -0.05) is 30.3 Å². The summed E-state index contributed by atoms with van der Waals surface area (Å²) < 4.78 is 33.3. The lowest BCUT2D eigenvalue weighted by atomic mass is 10.1. The molecule has 1 saturated heterocycles. The van der Waals surface area contributed by atoms with Gasteiger partial charge in [0, 0.05) is 24.5 Å². The molecule has 25 heavy (non-hydrogen) atoms. The molecule has 0 unspecified atom stereocenters. The fourth-order valence-electron chi connectivity index (χ4n) is 2.91. The number of hydrogen-bond acceptors (Lipinski definition) is 5. The van der Waals surface area contributed by atoms with E-state index in [4.69, 9.17) is 4.74 Å². The van der Waals surface area contributed by atoms with E-state index in [0.717, 1.165) is 30.9 Å². The summed E-state index contributed by atoms with van der Waals surface area (Å²) in [5.41, 5.74) is 1.20. The van der Waals surface area contributed by atoms with Crippen molar-refractivity contribution in [1.82, 2.24) is 9.62 Å². The molecule has 2 aromatic rings. The third-order valence-corrected chi connectivity index (χ3v) is 7.20. The van der Waals surface area contributed by atoms with Gasteiger partial charge in [0.05, 0.1) is 12.7 Å². The predicted molar refractivity (Wildman–Crippen MR) is 100 cm³/mol. The van der Waals surface area contributed by atoms with Crippen LogP contribution in [0.1, 0.15) is 23.0 Å². The third kappa shape index (κ3) is 5.12. The number of sulfonamides is 1. The summed E-state index contributed by atoms with van der Waals surface area (Å²) in [6.45, 7) is 5.66. The van der Waals surface area contributed by atoms with Gasteiger partial charge in [0.15, 0.2) is 0 Å². The second-order valence-electron chi connectivity index (χ2n) is 6.19. The Kier molecular flexibility index (Phi) is 6.24. The van der Waals surface area contributed by atoms with Gasteiger partial charge < -0.3 is 4.74 Å².